The minimum absolute atomic E-state index is 0.0408. The number of sulfonamides is 1. The molecule has 6 nitrogen and oxygen atoms in total. The fourth-order valence-electron chi connectivity index (χ4n) is 2.93. The normalized spacial score (nSPS) is 17.4. The van der Waals surface area contributed by atoms with Gasteiger partial charge in [0.2, 0.25) is 10.0 Å². The summed E-state index contributed by atoms with van der Waals surface area (Å²) in [6.07, 6.45) is -3.49. The first-order chi connectivity index (χ1) is 13.3. The summed E-state index contributed by atoms with van der Waals surface area (Å²) in [4.78, 5) is 1.52. The zero-order valence-corrected chi connectivity index (χ0v) is 16.3. The van der Waals surface area contributed by atoms with Gasteiger partial charge < -0.3 is 9.15 Å². The molecule has 28 heavy (non-hydrogen) atoms. The number of halogens is 3. The van der Waals surface area contributed by atoms with Gasteiger partial charge in [-0.2, -0.15) is 11.8 Å². The Balaban J connectivity index is 1.79. The number of ether oxygens (including phenoxy) is 1. The van der Waals surface area contributed by atoms with Crippen LogP contribution in [0.1, 0.15) is 11.8 Å². The van der Waals surface area contributed by atoms with Gasteiger partial charge in [0.15, 0.2) is 0 Å². The highest BCUT2D eigenvalue weighted by atomic mass is 32.2. The van der Waals surface area contributed by atoms with Gasteiger partial charge in [0, 0.05) is 31.1 Å². The third kappa shape index (κ3) is 5.43. The Kier molecular flexibility index (Phi) is 6.58. The number of furan rings is 1. The van der Waals surface area contributed by atoms with Crippen LogP contribution < -0.4 is 9.46 Å². The lowest BCUT2D eigenvalue weighted by molar-refractivity contribution is -0.275. The maximum absolute atomic E-state index is 12.7. The second kappa shape index (κ2) is 8.76. The van der Waals surface area contributed by atoms with Gasteiger partial charge in [0.05, 0.1) is 12.3 Å². The molecule has 0 aliphatic carbocycles. The Morgan fingerprint density at radius 1 is 1.18 bits per heavy atom. The molecule has 1 N–H and O–H groups in total. The monoisotopic (exact) mass is 436 g/mol. The van der Waals surface area contributed by atoms with Crippen LogP contribution in [0, 0.1) is 0 Å². The molecule has 0 radical (unpaired) electrons. The van der Waals surface area contributed by atoms with Gasteiger partial charge in [-0.3, -0.25) is 4.90 Å². The molecule has 1 fully saturated rings. The van der Waals surface area contributed by atoms with E-state index in [-0.39, 0.29) is 12.6 Å². The molecule has 1 aromatic heterocycles. The van der Waals surface area contributed by atoms with Crippen molar-refractivity contribution in [1.29, 1.82) is 0 Å². The standard InChI is InChI=1S/C17H19F3N2O4S2/c18-17(19,20)26-15-4-1-2-6-16(15)28(23,24)21-12-13(14-5-3-9-25-14)22-7-10-27-11-8-22/h1-6,9,13,21H,7-8,10-12H2/t13-/m1/s1. The molecule has 0 saturated carbocycles. The molecule has 2 heterocycles. The van der Waals surface area contributed by atoms with Crippen LogP contribution >= 0.6 is 11.8 Å². The van der Waals surface area contributed by atoms with Gasteiger partial charge in [-0.25, -0.2) is 13.1 Å². The van der Waals surface area contributed by atoms with Crippen molar-refractivity contribution in [2.45, 2.75) is 17.3 Å². The molecule has 3 rings (SSSR count). The van der Waals surface area contributed by atoms with E-state index >= 15 is 0 Å². The Morgan fingerprint density at radius 3 is 2.54 bits per heavy atom. The number of alkyl halides is 3. The van der Waals surface area contributed by atoms with Gasteiger partial charge in [-0.15, -0.1) is 13.2 Å². The topological polar surface area (TPSA) is 71.8 Å². The zero-order valence-electron chi connectivity index (χ0n) is 14.7. The molecular weight excluding hydrogens is 417 g/mol. The number of benzene rings is 1. The van der Waals surface area contributed by atoms with Crippen LogP contribution in [0.2, 0.25) is 0 Å². The fourth-order valence-corrected chi connectivity index (χ4v) is 5.02. The third-order valence-electron chi connectivity index (χ3n) is 4.19. The SMILES string of the molecule is O=S(=O)(NC[C@H](c1ccco1)N1CCSCC1)c1ccccc1OC(F)(F)F. The van der Waals surface area contributed by atoms with Crippen molar-refractivity contribution in [3.8, 4) is 5.75 Å². The first kappa shape index (κ1) is 21.0. The van der Waals surface area contributed by atoms with Crippen LogP contribution in [0.25, 0.3) is 0 Å². The highest BCUT2D eigenvalue weighted by Gasteiger charge is 2.34. The molecule has 0 amide bonds. The van der Waals surface area contributed by atoms with Crippen molar-refractivity contribution < 1.29 is 30.7 Å². The first-order valence-electron chi connectivity index (χ1n) is 8.46. The van der Waals surface area contributed by atoms with E-state index in [0.29, 0.717) is 5.76 Å². The predicted molar refractivity (Wildman–Crippen MR) is 98.7 cm³/mol. The maximum atomic E-state index is 12.7. The highest BCUT2D eigenvalue weighted by Crippen LogP contribution is 2.30. The van der Waals surface area contributed by atoms with Crippen LogP contribution in [0.5, 0.6) is 5.75 Å². The summed E-state index contributed by atoms with van der Waals surface area (Å²) in [6.45, 7) is 1.47. The average molecular weight is 436 g/mol. The Bertz CT molecular complexity index is 867. The number of nitrogens with zero attached hydrogens (tertiary/aromatic N) is 1. The molecule has 1 aromatic carbocycles. The summed E-state index contributed by atoms with van der Waals surface area (Å²) in [5.74, 6) is 1.64. The third-order valence-corrected chi connectivity index (χ3v) is 6.59. The number of para-hydroxylation sites is 1. The predicted octanol–water partition coefficient (Wildman–Crippen LogP) is 3.25. The lowest BCUT2D eigenvalue weighted by Gasteiger charge is -2.33. The lowest BCUT2D eigenvalue weighted by Crippen LogP contribution is -2.42. The largest absolute Gasteiger partial charge is 0.573 e. The fraction of sp³-hybridized carbons (Fsp3) is 0.412. The maximum Gasteiger partial charge on any atom is 0.573 e. The lowest BCUT2D eigenvalue weighted by atomic mass is 10.2. The number of hydrogen-bond acceptors (Lipinski definition) is 6. The number of hydrogen-bond donors (Lipinski definition) is 1. The highest BCUT2D eigenvalue weighted by molar-refractivity contribution is 7.99. The number of nitrogens with one attached hydrogen (secondary N) is 1. The van der Waals surface area contributed by atoms with Crippen LogP contribution in [0.3, 0.4) is 0 Å². The van der Waals surface area contributed by atoms with E-state index in [4.69, 9.17) is 4.42 Å². The Hall–Kier alpha value is -1.69. The molecule has 154 valence electrons. The second-order valence-corrected chi connectivity index (χ2v) is 8.99. The quantitative estimate of drug-likeness (QED) is 0.719. The Morgan fingerprint density at radius 2 is 1.89 bits per heavy atom. The molecule has 1 aliphatic heterocycles. The molecule has 11 heteroatoms. The summed E-state index contributed by atoms with van der Waals surface area (Å²) < 4.78 is 74.9. The van der Waals surface area contributed by atoms with E-state index < -0.39 is 27.0 Å². The number of rotatable bonds is 7. The summed E-state index contributed by atoms with van der Waals surface area (Å²) in [7, 11) is -4.24. The van der Waals surface area contributed by atoms with Crippen LogP contribution in [0.4, 0.5) is 13.2 Å². The molecule has 1 saturated heterocycles. The number of thioether (sulfide) groups is 1. The van der Waals surface area contributed by atoms with Gasteiger partial charge in [-0.1, -0.05) is 12.1 Å². The molecule has 0 bridgehead atoms. The van der Waals surface area contributed by atoms with Crippen molar-refractivity contribution in [2.75, 3.05) is 31.1 Å². The van der Waals surface area contributed by atoms with E-state index in [1.165, 1.54) is 18.4 Å². The van der Waals surface area contributed by atoms with Crippen molar-refractivity contribution >= 4 is 21.8 Å². The van der Waals surface area contributed by atoms with Gasteiger partial charge in [-0.05, 0) is 24.3 Å². The summed E-state index contributed by atoms with van der Waals surface area (Å²) >= 11 is 1.81. The van der Waals surface area contributed by atoms with Gasteiger partial charge >= 0.3 is 6.36 Å². The first-order valence-corrected chi connectivity index (χ1v) is 11.1. The van der Waals surface area contributed by atoms with Crippen LogP contribution in [-0.2, 0) is 10.0 Å². The van der Waals surface area contributed by atoms with E-state index in [2.05, 4.69) is 14.4 Å². The second-order valence-electron chi connectivity index (χ2n) is 6.03. The summed E-state index contributed by atoms with van der Waals surface area (Å²) in [5.41, 5.74) is 0. The molecule has 0 unspecified atom stereocenters. The minimum atomic E-state index is -4.99. The van der Waals surface area contributed by atoms with Gasteiger partial charge in [0.1, 0.15) is 16.4 Å². The smallest absolute Gasteiger partial charge is 0.468 e. The van der Waals surface area contributed by atoms with Crippen molar-refractivity contribution in [3.63, 3.8) is 0 Å². The van der Waals surface area contributed by atoms with Crippen LogP contribution in [0.15, 0.2) is 52.0 Å². The molecule has 0 spiro atoms. The molecule has 1 aliphatic rings. The van der Waals surface area contributed by atoms with Crippen molar-refractivity contribution in [2.24, 2.45) is 0 Å². The summed E-state index contributed by atoms with van der Waals surface area (Å²) in [6, 6.07) is 7.75. The van der Waals surface area contributed by atoms with Crippen molar-refractivity contribution in [3.05, 3.63) is 48.4 Å². The molecule has 2 aromatic rings. The van der Waals surface area contributed by atoms with E-state index in [1.54, 1.807) is 12.1 Å². The molecular formula is C17H19F3N2O4S2. The average Bonchev–Trinajstić information content (AvgIpc) is 3.16. The van der Waals surface area contributed by atoms with Crippen LogP contribution in [-0.4, -0.2) is 50.8 Å². The minimum Gasteiger partial charge on any atom is -0.468 e. The van der Waals surface area contributed by atoms with E-state index in [1.807, 2.05) is 11.8 Å². The van der Waals surface area contributed by atoms with Gasteiger partial charge in [0.25, 0.3) is 0 Å². The van der Waals surface area contributed by atoms with Crippen molar-refractivity contribution in [1.82, 2.24) is 9.62 Å². The van der Waals surface area contributed by atoms with E-state index in [9.17, 15) is 21.6 Å². The molecule has 1 atom stereocenters. The van der Waals surface area contributed by atoms with E-state index in [0.717, 1.165) is 36.7 Å². The Labute approximate surface area is 165 Å². The zero-order chi connectivity index (χ0) is 20.2. The summed E-state index contributed by atoms with van der Waals surface area (Å²) in [5, 5.41) is 0.